The highest BCUT2D eigenvalue weighted by Gasteiger charge is 2.19. The molecule has 5 nitrogen and oxygen atoms in total. The number of nitrogens with zero attached hydrogens (tertiary/aromatic N) is 2. The Hall–Kier alpha value is -2.53. The van der Waals surface area contributed by atoms with Gasteiger partial charge >= 0.3 is 0 Å². The lowest BCUT2D eigenvalue weighted by molar-refractivity contribution is 0.0793. The highest BCUT2D eigenvalue weighted by Crippen LogP contribution is 2.32. The van der Waals surface area contributed by atoms with Gasteiger partial charge in [0, 0.05) is 31.7 Å². The van der Waals surface area contributed by atoms with Crippen molar-refractivity contribution in [1.29, 1.82) is 0 Å². The molecule has 1 saturated heterocycles. The Labute approximate surface area is 154 Å². The van der Waals surface area contributed by atoms with Crippen LogP contribution in [-0.2, 0) is 13.1 Å². The number of likely N-dealkylation sites (tertiary alicyclic amines) is 1. The van der Waals surface area contributed by atoms with Crippen LogP contribution in [0.1, 0.15) is 34.3 Å². The third-order valence-electron chi connectivity index (χ3n) is 4.94. The second-order valence-electron chi connectivity index (χ2n) is 7.06. The average molecular weight is 352 g/mol. The highest BCUT2D eigenvalue weighted by atomic mass is 16.7. The molecule has 0 spiro atoms. The van der Waals surface area contributed by atoms with E-state index in [0.717, 1.165) is 56.1 Å². The van der Waals surface area contributed by atoms with Gasteiger partial charge in [0.1, 0.15) is 0 Å². The smallest absolute Gasteiger partial charge is 0.253 e. The number of rotatable bonds is 5. The number of fused-ring (bicyclic) bond motifs is 1. The van der Waals surface area contributed by atoms with E-state index in [4.69, 9.17) is 9.47 Å². The first-order chi connectivity index (χ1) is 12.7. The zero-order valence-electron chi connectivity index (χ0n) is 15.1. The minimum Gasteiger partial charge on any atom is -0.454 e. The summed E-state index contributed by atoms with van der Waals surface area (Å²) in [4.78, 5) is 16.6. The zero-order chi connectivity index (χ0) is 17.9. The Morgan fingerprint density at radius 2 is 1.62 bits per heavy atom. The highest BCUT2D eigenvalue weighted by molar-refractivity contribution is 5.94. The molecule has 0 bridgehead atoms. The van der Waals surface area contributed by atoms with Gasteiger partial charge in [-0.1, -0.05) is 18.2 Å². The molecule has 26 heavy (non-hydrogen) atoms. The largest absolute Gasteiger partial charge is 0.454 e. The molecule has 2 aliphatic rings. The molecule has 0 radical (unpaired) electrons. The van der Waals surface area contributed by atoms with Gasteiger partial charge in [-0.2, -0.15) is 0 Å². The van der Waals surface area contributed by atoms with E-state index in [9.17, 15) is 4.79 Å². The van der Waals surface area contributed by atoms with Crippen LogP contribution < -0.4 is 9.47 Å². The lowest BCUT2D eigenvalue weighted by atomic mass is 10.1. The second-order valence-corrected chi connectivity index (χ2v) is 7.06. The minimum absolute atomic E-state index is 0.155. The molecule has 1 fully saturated rings. The number of carbonyl (C=O) groups excluding carboxylic acids is 1. The average Bonchev–Trinajstić information content (AvgIpc) is 3.33. The van der Waals surface area contributed by atoms with Crippen LogP contribution in [0.4, 0.5) is 0 Å². The van der Waals surface area contributed by atoms with Crippen molar-refractivity contribution in [2.45, 2.75) is 25.9 Å². The predicted molar refractivity (Wildman–Crippen MR) is 99.3 cm³/mol. The first-order valence-corrected chi connectivity index (χ1v) is 9.14. The topological polar surface area (TPSA) is 42.0 Å². The number of ether oxygens (including phenoxy) is 2. The molecule has 5 heteroatoms. The SMILES string of the molecule is CN(Cc1ccc(C(=O)N2CCCC2)cc1)Cc1ccc2c(c1)OCO2. The zero-order valence-corrected chi connectivity index (χ0v) is 15.1. The Bertz CT molecular complexity index is 782. The van der Waals surface area contributed by atoms with E-state index in [1.54, 1.807) is 0 Å². The molecular formula is C21H24N2O3. The molecule has 0 aromatic heterocycles. The van der Waals surface area contributed by atoms with Crippen molar-refractivity contribution in [3.8, 4) is 11.5 Å². The Morgan fingerprint density at radius 1 is 0.962 bits per heavy atom. The van der Waals surface area contributed by atoms with Crippen molar-refractivity contribution in [2.24, 2.45) is 0 Å². The number of amides is 1. The maximum Gasteiger partial charge on any atom is 0.253 e. The molecular weight excluding hydrogens is 328 g/mol. The summed E-state index contributed by atoms with van der Waals surface area (Å²) >= 11 is 0. The number of hydrogen-bond acceptors (Lipinski definition) is 4. The van der Waals surface area contributed by atoms with Gasteiger partial charge in [0.05, 0.1) is 0 Å². The van der Waals surface area contributed by atoms with Crippen LogP contribution in [0.2, 0.25) is 0 Å². The van der Waals surface area contributed by atoms with Crippen molar-refractivity contribution in [3.05, 3.63) is 59.2 Å². The molecule has 4 rings (SSSR count). The van der Waals surface area contributed by atoms with Gasteiger partial charge in [-0.15, -0.1) is 0 Å². The first-order valence-electron chi connectivity index (χ1n) is 9.14. The summed E-state index contributed by atoms with van der Waals surface area (Å²) in [5.41, 5.74) is 3.18. The van der Waals surface area contributed by atoms with Gasteiger partial charge in [0.2, 0.25) is 6.79 Å². The van der Waals surface area contributed by atoms with Crippen molar-refractivity contribution in [3.63, 3.8) is 0 Å². The van der Waals surface area contributed by atoms with Gasteiger partial charge in [0.25, 0.3) is 5.91 Å². The van der Waals surface area contributed by atoms with Gasteiger partial charge in [-0.05, 0) is 55.3 Å². The summed E-state index contributed by atoms with van der Waals surface area (Å²) in [6, 6.07) is 14.1. The molecule has 0 aliphatic carbocycles. The summed E-state index contributed by atoms with van der Waals surface area (Å²) in [6.45, 7) is 3.73. The molecule has 1 amide bonds. The fourth-order valence-electron chi connectivity index (χ4n) is 3.57. The van der Waals surface area contributed by atoms with Crippen LogP contribution in [0.15, 0.2) is 42.5 Å². The predicted octanol–water partition coefficient (Wildman–Crippen LogP) is 3.28. The van der Waals surface area contributed by atoms with E-state index < -0.39 is 0 Å². The lowest BCUT2D eigenvalue weighted by Crippen LogP contribution is -2.27. The molecule has 2 aromatic rings. The lowest BCUT2D eigenvalue weighted by Gasteiger charge is -2.18. The van der Waals surface area contributed by atoms with Crippen LogP contribution in [0.25, 0.3) is 0 Å². The first kappa shape index (κ1) is 16.9. The number of hydrogen-bond donors (Lipinski definition) is 0. The molecule has 0 atom stereocenters. The summed E-state index contributed by atoms with van der Waals surface area (Å²) in [7, 11) is 2.09. The van der Waals surface area contributed by atoms with Gasteiger partial charge in [0.15, 0.2) is 11.5 Å². The fraction of sp³-hybridized carbons (Fsp3) is 0.381. The van der Waals surface area contributed by atoms with Crippen LogP contribution in [0, 0.1) is 0 Å². The van der Waals surface area contributed by atoms with Crippen LogP contribution in [0.5, 0.6) is 11.5 Å². The van der Waals surface area contributed by atoms with E-state index in [-0.39, 0.29) is 5.91 Å². The van der Waals surface area contributed by atoms with E-state index in [0.29, 0.717) is 6.79 Å². The summed E-state index contributed by atoms with van der Waals surface area (Å²) in [5, 5.41) is 0. The fourth-order valence-corrected chi connectivity index (χ4v) is 3.57. The van der Waals surface area contributed by atoms with Gasteiger partial charge < -0.3 is 14.4 Å². The molecule has 0 N–H and O–H groups in total. The standard InChI is InChI=1S/C21H24N2O3/c1-22(14-17-6-9-19-20(12-17)26-15-25-19)13-16-4-7-18(8-5-16)21(24)23-10-2-3-11-23/h4-9,12H,2-3,10-11,13-15H2,1H3. The molecule has 2 aliphatic heterocycles. The quantitative estimate of drug-likeness (QED) is 0.828. The van der Waals surface area contributed by atoms with E-state index in [2.05, 4.69) is 30.1 Å². The second kappa shape index (κ2) is 7.38. The van der Waals surface area contributed by atoms with Crippen molar-refractivity contribution in [1.82, 2.24) is 9.80 Å². The Kier molecular flexibility index (Phi) is 4.80. The van der Waals surface area contributed by atoms with E-state index >= 15 is 0 Å². The van der Waals surface area contributed by atoms with Crippen LogP contribution in [-0.4, -0.2) is 42.6 Å². The monoisotopic (exact) mass is 352 g/mol. The molecule has 0 saturated carbocycles. The summed E-state index contributed by atoms with van der Waals surface area (Å²) in [6.07, 6.45) is 2.24. The van der Waals surface area contributed by atoms with Crippen LogP contribution in [0.3, 0.4) is 0 Å². The third-order valence-corrected chi connectivity index (χ3v) is 4.94. The maximum absolute atomic E-state index is 12.4. The van der Waals surface area contributed by atoms with Crippen LogP contribution >= 0.6 is 0 Å². The van der Waals surface area contributed by atoms with Gasteiger partial charge in [-0.3, -0.25) is 9.69 Å². The third kappa shape index (κ3) is 3.68. The molecule has 136 valence electrons. The Morgan fingerprint density at radius 3 is 2.38 bits per heavy atom. The van der Waals surface area contributed by atoms with Gasteiger partial charge in [-0.25, -0.2) is 0 Å². The maximum atomic E-state index is 12.4. The number of benzene rings is 2. The van der Waals surface area contributed by atoms with Crippen molar-refractivity contribution < 1.29 is 14.3 Å². The molecule has 2 aromatic carbocycles. The van der Waals surface area contributed by atoms with Crippen molar-refractivity contribution >= 4 is 5.91 Å². The molecule has 0 unspecified atom stereocenters. The van der Waals surface area contributed by atoms with Crippen molar-refractivity contribution in [2.75, 3.05) is 26.9 Å². The molecule has 2 heterocycles. The summed E-state index contributed by atoms with van der Waals surface area (Å²) in [5.74, 6) is 1.79. The van der Waals surface area contributed by atoms with E-state index in [1.165, 1.54) is 11.1 Å². The number of carbonyl (C=O) groups is 1. The minimum atomic E-state index is 0.155. The normalized spacial score (nSPS) is 15.7. The Balaban J connectivity index is 1.35. The summed E-state index contributed by atoms with van der Waals surface area (Å²) < 4.78 is 10.8. The van der Waals surface area contributed by atoms with E-state index in [1.807, 2.05) is 29.2 Å².